The Hall–Kier alpha value is -2.62. The Morgan fingerprint density at radius 3 is 2.68 bits per heavy atom. The molecule has 0 unspecified atom stereocenters. The van der Waals surface area contributed by atoms with E-state index in [1.807, 2.05) is 42.6 Å². The number of benzene rings is 2. The fourth-order valence-electron chi connectivity index (χ4n) is 2.04. The van der Waals surface area contributed by atoms with Crippen LogP contribution in [0.5, 0.6) is 0 Å². The maximum Gasteiger partial charge on any atom is 0.337 e. The lowest BCUT2D eigenvalue weighted by molar-refractivity contribution is 0.0601. The largest absolute Gasteiger partial charge is 0.465 e. The van der Waals surface area contributed by atoms with Crippen molar-refractivity contribution in [3.63, 3.8) is 0 Å². The summed E-state index contributed by atoms with van der Waals surface area (Å²) < 4.78 is 6.51. The van der Waals surface area contributed by atoms with Crippen LogP contribution in [0.3, 0.4) is 0 Å². The van der Waals surface area contributed by atoms with Crippen molar-refractivity contribution in [1.82, 2.24) is 9.78 Å². The fraction of sp³-hybridized carbons (Fsp3) is 0.0667. The predicted octanol–water partition coefficient (Wildman–Crippen LogP) is 2.81. The molecule has 0 aliphatic carbocycles. The highest BCUT2D eigenvalue weighted by molar-refractivity contribution is 5.95. The molecule has 0 radical (unpaired) electrons. The average molecular weight is 252 g/mol. The molecule has 0 spiro atoms. The summed E-state index contributed by atoms with van der Waals surface area (Å²) in [6.45, 7) is 0. The number of methoxy groups -OCH3 is 1. The second kappa shape index (κ2) is 4.57. The number of hydrogen-bond donors (Lipinski definition) is 0. The van der Waals surface area contributed by atoms with Gasteiger partial charge in [0.2, 0.25) is 0 Å². The van der Waals surface area contributed by atoms with E-state index in [-0.39, 0.29) is 5.97 Å². The number of aromatic nitrogens is 2. The van der Waals surface area contributed by atoms with Crippen LogP contribution in [-0.2, 0) is 4.74 Å². The number of ether oxygens (including phenoxy) is 1. The topological polar surface area (TPSA) is 44.1 Å². The Kier molecular flexibility index (Phi) is 2.76. The van der Waals surface area contributed by atoms with Crippen LogP contribution in [0.2, 0.25) is 0 Å². The minimum atomic E-state index is -0.321. The van der Waals surface area contributed by atoms with Gasteiger partial charge in [0.05, 0.1) is 18.4 Å². The molecule has 0 fully saturated rings. The van der Waals surface area contributed by atoms with Crippen LogP contribution < -0.4 is 0 Å². The van der Waals surface area contributed by atoms with E-state index in [1.165, 1.54) is 7.11 Å². The molecule has 3 rings (SSSR count). The number of hydrogen-bond acceptors (Lipinski definition) is 3. The molecule has 4 nitrogen and oxygen atoms in total. The van der Waals surface area contributed by atoms with Crippen LogP contribution in [0, 0.1) is 0 Å². The summed E-state index contributed by atoms with van der Waals surface area (Å²) in [4.78, 5) is 11.5. The van der Waals surface area contributed by atoms with Gasteiger partial charge in [-0.2, -0.15) is 5.10 Å². The Morgan fingerprint density at radius 1 is 1.16 bits per heavy atom. The lowest BCUT2D eigenvalue weighted by atomic mass is 10.1. The average Bonchev–Trinajstić information content (AvgIpc) is 2.99. The maximum atomic E-state index is 11.5. The first-order chi connectivity index (χ1) is 9.28. The van der Waals surface area contributed by atoms with E-state index in [9.17, 15) is 4.79 Å². The molecule has 19 heavy (non-hydrogen) atoms. The molecule has 4 heteroatoms. The van der Waals surface area contributed by atoms with E-state index in [0.29, 0.717) is 5.56 Å². The molecule has 0 aliphatic rings. The van der Waals surface area contributed by atoms with Gasteiger partial charge in [-0.3, -0.25) is 0 Å². The molecule has 3 aromatic rings. The number of esters is 1. The van der Waals surface area contributed by atoms with Gasteiger partial charge in [0, 0.05) is 12.4 Å². The van der Waals surface area contributed by atoms with Crippen LogP contribution in [0.4, 0.5) is 0 Å². The molecular formula is C15H12N2O2. The number of carbonyl (C=O) groups excluding carboxylic acids is 1. The quantitative estimate of drug-likeness (QED) is 0.659. The van der Waals surface area contributed by atoms with Crippen LogP contribution >= 0.6 is 0 Å². The summed E-state index contributed by atoms with van der Waals surface area (Å²) >= 11 is 0. The van der Waals surface area contributed by atoms with Gasteiger partial charge in [0.15, 0.2) is 0 Å². The third kappa shape index (κ3) is 2.08. The normalized spacial score (nSPS) is 10.6. The molecule has 0 atom stereocenters. The van der Waals surface area contributed by atoms with Crippen molar-refractivity contribution in [2.45, 2.75) is 0 Å². The molecule has 1 aromatic heterocycles. The molecule has 0 aliphatic heterocycles. The molecule has 1 heterocycles. The molecule has 0 bridgehead atoms. The molecule has 0 saturated carbocycles. The lowest BCUT2D eigenvalue weighted by Gasteiger charge is -2.05. The summed E-state index contributed by atoms with van der Waals surface area (Å²) in [7, 11) is 1.38. The summed E-state index contributed by atoms with van der Waals surface area (Å²) in [5.41, 5.74) is 1.55. The van der Waals surface area contributed by atoms with Crippen molar-refractivity contribution in [3.8, 4) is 5.69 Å². The number of carbonyl (C=O) groups is 1. The lowest BCUT2D eigenvalue weighted by Crippen LogP contribution is -2.00. The summed E-state index contributed by atoms with van der Waals surface area (Å²) in [5, 5.41) is 6.25. The van der Waals surface area contributed by atoms with E-state index >= 15 is 0 Å². The highest BCUT2D eigenvalue weighted by atomic mass is 16.5. The first-order valence-corrected chi connectivity index (χ1v) is 5.90. The van der Waals surface area contributed by atoms with Crippen LogP contribution in [0.1, 0.15) is 10.4 Å². The Morgan fingerprint density at radius 2 is 1.95 bits per heavy atom. The molecular weight excluding hydrogens is 240 g/mol. The van der Waals surface area contributed by atoms with E-state index in [4.69, 9.17) is 4.74 Å². The summed E-state index contributed by atoms with van der Waals surface area (Å²) in [6.07, 6.45) is 3.63. The van der Waals surface area contributed by atoms with Gasteiger partial charge in [-0.15, -0.1) is 0 Å². The van der Waals surface area contributed by atoms with Gasteiger partial charge >= 0.3 is 5.97 Å². The van der Waals surface area contributed by atoms with Crippen molar-refractivity contribution in [3.05, 3.63) is 60.4 Å². The van der Waals surface area contributed by atoms with Crippen LogP contribution in [0.15, 0.2) is 54.9 Å². The second-order valence-electron chi connectivity index (χ2n) is 4.19. The van der Waals surface area contributed by atoms with Crippen molar-refractivity contribution in [1.29, 1.82) is 0 Å². The number of nitrogens with zero attached hydrogens (tertiary/aromatic N) is 2. The zero-order chi connectivity index (χ0) is 13.2. The molecule has 0 amide bonds. The van der Waals surface area contributed by atoms with Crippen molar-refractivity contribution in [2.75, 3.05) is 7.11 Å². The Balaban J connectivity index is 2.08. The molecule has 0 saturated heterocycles. The number of rotatable bonds is 2. The minimum absolute atomic E-state index is 0.321. The minimum Gasteiger partial charge on any atom is -0.465 e. The third-order valence-electron chi connectivity index (χ3n) is 3.01. The van der Waals surface area contributed by atoms with E-state index in [1.54, 1.807) is 16.9 Å². The third-order valence-corrected chi connectivity index (χ3v) is 3.01. The van der Waals surface area contributed by atoms with Gasteiger partial charge in [-0.25, -0.2) is 9.48 Å². The van der Waals surface area contributed by atoms with Gasteiger partial charge in [-0.1, -0.05) is 12.1 Å². The van der Waals surface area contributed by atoms with Gasteiger partial charge in [-0.05, 0) is 41.1 Å². The van der Waals surface area contributed by atoms with Crippen molar-refractivity contribution >= 4 is 16.7 Å². The molecule has 2 aromatic carbocycles. The molecule has 94 valence electrons. The zero-order valence-electron chi connectivity index (χ0n) is 10.4. The van der Waals surface area contributed by atoms with E-state index in [2.05, 4.69) is 5.10 Å². The van der Waals surface area contributed by atoms with E-state index < -0.39 is 0 Å². The van der Waals surface area contributed by atoms with Crippen LogP contribution in [0.25, 0.3) is 16.5 Å². The van der Waals surface area contributed by atoms with Crippen molar-refractivity contribution < 1.29 is 9.53 Å². The number of fused-ring (bicyclic) bond motifs is 1. The smallest absolute Gasteiger partial charge is 0.337 e. The summed E-state index contributed by atoms with van der Waals surface area (Å²) in [6, 6.07) is 13.4. The van der Waals surface area contributed by atoms with Gasteiger partial charge < -0.3 is 4.74 Å². The SMILES string of the molecule is COC(=O)c1ccc2cc(-n3cccn3)ccc2c1. The monoisotopic (exact) mass is 252 g/mol. The summed E-state index contributed by atoms with van der Waals surface area (Å²) in [5.74, 6) is -0.321. The van der Waals surface area contributed by atoms with Crippen LogP contribution in [-0.4, -0.2) is 22.9 Å². The highest BCUT2D eigenvalue weighted by Crippen LogP contribution is 2.20. The zero-order valence-corrected chi connectivity index (χ0v) is 10.4. The Labute approximate surface area is 110 Å². The highest BCUT2D eigenvalue weighted by Gasteiger charge is 2.06. The fourth-order valence-corrected chi connectivity index (χ4v) is 2.04. The maximum absolute atomic E-state index is 11.5. The second-order valence-corrected chi connectivity index (χ2v) is 4.19. The standard InChI is InChI=1S/C15H12N2O2/c1-19-15(18)13-4-3-12-10-14(6-5-11(12)9-13)17-8-2-7-16-17/h2-10H,1H3. The van der Waals surface area contributed by atoms with Gasteiger partial charge in [0.25, 0.3) is 0 Å². The predicted molar refractivity (Wildman–Crippen MR) is 72.4 cm³/mol. The first kappa shape index (κ1) is 11.5. The van der Waals surface area contributed by atoms with Crippen molar-refractivity contribution in [2.24, 2.45) is 0 Å². The van der Waals surface area contributed by atoms with E-state index in [0.717, 1.165) is 16.5 Å². The Bertz CT molecular complexity index is 733. The van der Waals surface area contributed by atoms with Gasteiger partial charge in [0.1, 0.15) is 0 Å². The first-order valence-electron chi connectivity index (χ1n) is 5.90. The molecule has 0 N–H and O–H groups in total.